The SMILES string of the molecule is COC(=O)c1ccc(-c2ccc(CN([C@@H](Cc3ccccc3)C(=O)O)S(=O)(=O)c3c(C)cc(OC)c(C)c3C)cc2)o1. The minimum Gasteiger partial charge on any atom is -0.496 e. The Morgan fingerprint density at radius 2 is 1.57 bits per heavy atom. The molecule has 1 aromatic heterocycles. The predicted molar refractivity (Wildman–Crippen MR) is 157 cm³/mol. The summed E-state index contributed by atoms with van der Waals surface area (Å²) in [5.74, 6) is -0.821. The molecule has 0 saturated carbocycles. The van der Waals surface area contributed by atoms with Crippen LogP contribution < -0.4 is 4.74 Å². The molecule has 0 aliphatic carbocycles. The molecule has 10 heteroatoms. The Labute approximate surface area is 245 Å². The Balaban J connectivity index is 1.78. The Morgan fingerprint density at radius 1 is 0.905 bits per heavy atom. The lowest BCUT2D eigenvalue weighted by molar-refractivity contribution is -0.141. The number of furan rings is 1. The van der Waals surface area contributed by atoms with E-state index in [0.717, 1.165) is 4.31 Å². The summed E-state index contributed by atoms with van der Waals surface area (Å²) in [4.78, 5) is 24.5. The first-order valence-corrected chi connectivity index (χ1v) is 14.6. The van der Waals surface area contributed by atoms with Crippen LogP contribution in [0.3, 0.4) is 0 Å². The molecule has 0 spiro atoms. The molecule has 1 heterocycles. The third-order valence-electron chi connectivity index (χ3n) is 7.24. The monoisotopic (exact) mass is 591 g/mol. The molecule has 1 N–H and O–H groups in total. The van der Waals surface area contributed by atoms with Crippen LogP contribution >= 0.6 is 0 Å². The zero-order chi connectivity index (χ0) is 30.6. The molecule has 0 aliphatic heterocycles. The maximum atomic E-state index is 14.4. The van der Waals surface area contributed by atoms with Crippen LogP contribution in [0.4, 0.5) is 0 Å². The van der Waals surface area contributed by atoms with Gasteiger partial charge in [0.2, 0.25) is 15.8 Å². The topological polar surface area (TPSA) is 123 Å². The summed E-state index contributed by atoms with van der Waals surface area (Å²) in [5.41, 5.74) is 3.53. The van der Waals surface area contributed by atoms with Gasteiger partial charge in [-0.1, -0.05) is 54.6 Å². The zero-order valence-electron chi connectivity index (χ0n) is 24.1. The molecule has 3 aromatic carbocycles. The molecule has 0 unspecified atom stereocenters. The molecule has 4 aromatic rings. The van der Waals surface area contributed by atoms with E-state index in [-0.39, 0.29) is 23.6 Å². The third kappa shape index (κ3) is 6.24. The van der Waals surface area contributed by atoms with Gasteiger partial charge in [0.15, 0.2) is 0 Å². The molecule has 0 fully saturated rings. The lowest BCUT2D eigenvalue weighted by Gasteiger charge is -2.30. The van der Waals surface area contributed by atoms with Crippen LogP contribution in [0.25, 0.3) is 11.3 Å². The van der Waals surface area contributed by atoms with Crippen molar-refractivity contribution in [2.75, 3.05) is 14.2 Å². The lowest BCUT2D eigenvalue weighted by atomic mass is 10.1. The molecule has 0 bridgehead atoms. The van der Waals surface area contributed by atoms with E-state index in [1.807, 2.05) is 6.07 Å². The fourth-order valence-electron chi connectivity index (χ4n) is 4.92. The van der Waals surface area contributed by atoms with Crippen LogP contribution in [-0.2, 0) is 32.5 Å². The van der Waals surface area contributed by atoms with E-state index in [4.69, 9.17) is 9.15 Å². The number of benzene rings is 3. The molecule has 9 nitrogen and oxygen atoms in total. The number of carboxylic acids is 1. The van der Waals surface area contributed by atoms with Crippen LogP contribution in [0.15, 0.2) is 82.1 Å². The fraction of sp³-hybridized carbons (Fsp3) is 0.250. The van der Waals surface area contributed by atoms with Gasteiger partial charge in [-0.25, -0.2) is 13.2 Å². The number of carbonyl (C=O) groups excluding carboxylic acids is 1. The molecule has 4 rings (SSSR count). The molecule has 42 heavy (non-hydrogen) atoms. The van der Waals surface area contributed by atoms with E-state index >= 15 is 0 Å². The summed E-state index contributed by atoms with van der Waals surface area (Å²) in [6.45, 7) is 4.95. The number of ether oxygens (including phenoxy) is 2. The Bertz CT molecular complexity index is 1690. The van der Waals surface area contributed by atoms with E-state index in [2.05, 4.69) is 4.74 Å². The molecule has 0 saturated heterocycles. The fourth-order valence-corrected chi connectivity index (χ4v) is 6.98. The summed E-state index contributed by atoms with van der Waals surface area (Å²) in [6.07, 6.45) is -0.0244. The number of methoxy groups -OCH3 is 2. The van der Waals surface area contributed by atoms with Crippen molar-refractivity contribution in [3.8, 4) is 17.1 Å². The predicted octanol–water partition coefficient (Wildman–Crippen LogP) is 5.55. The summed E-state index contributed by atoms with van der Waals surface area (Å²) in [6, 6.07) is 19.2. The third-order valence-corrected chi connectivity index (χ3v) is 9.38. The van der Waals surface area contributed by atoms with Crippen molar-refractivity contribution in [2.45, 2.75) is 44.7 Å². The second kappa shape index (κ2) is 12.6. The van der Waals surface area contributed by atoms with Crippen LogP contribution in [0.5, 0.6) is 5.75 Å². The van der Waals surface area contributed by atoms with Gasteiger partial charge in [0, 0.05) is 12.1 Å². The number of carbonyl (C=O) groups is 2. The molecular formula is C32H33NO8S. The smallest absolute Gasteiger partial charge is 0.373 e. The second-order valence-electron chi connectivity index (χ2n) is 9.92. The van der Waals surface area contributed by atoms with E-state index in [1.165, 1.54) is 20.3 Å². The highest BCUT2D eigenvalue weighted by Crippen LogP contribution is 2.34. The van der Waals surface area contributed by atoms with Crippen LogP contribution in [-0.4, -0.2) is 50.0 Å². The largest absolute Gasteiger partial charge is 0.496 e. The molecule has 0 amide bonds. The molecule has 0 radical (unpaired) electrons. The highest BCUT2D eigenvalue weighted by Gasteiger charge is 2.38. The van der Waals surface area contributed by atoms with Crippen molar-refractivity contribution in [3.05, 3.63) is 106 Å². The van der Waals surface area contributed by atoms with Crippen LogP contribution in [0, 0.1) is 20.8 Å². The highest BCUT2D eigenvalue weighted by molar-refractivity contribution is 7.89. The van der Waals surface area contributed by atoms with Gasteiger partial charge in [-0.05, 0) is 73.2 Å². The standard InChI is InChI=1S/C32H33NO8S/c1-20-17-29(39-4)21(2)22(3)30(20)42(37,38)33(26(31(34)35)18-23-9-7-6-8-10-23)19-24-11-13-25(14-12-24)27-15-16-28(41-27)32(36)40-5/h6-17,26H,18-19H2,1-5H3,(H,34,35)/t26-/m0/s1. The van der Waals surface area contributed by atoms with E-state index in [1.54, 1.807) is 81.4 Å². The van der Waals surface area contributed by atoms with Crippen molar-refractivity contribution in [2.24, 2.45) is 0 Å². The van der Waals surface area contributed by atoms with Crippen LogP contribution in [0.2, 0.25) is 0 Å². The van der Waals surface area contributed by atoms with Gasteiger partial charge in [0.1, 0.15) is 17.6 Å². The van der Waals surface area contributed by atoms with E-state index in [9.17, 15) is 23.1 Å². The van der Waals surface area contributed by atoms with Gasteiger partial charge in [-0.2, -0.15) is 4.31 Å². The first kappa shape index (κ1) is 30.5. The molecule has 220 valence electrons. The number of hydrogen-bond acceptors (Lipinski definition) is 7. The van der Waals surface area contributed by atoms with Gasteiger partial charge < -0.3 is 19.0 Å². The normalized spacial score (nSPS) is 12.2. The lowest BCUT2D eigenvalue weighted by Crippen LogP contribution is -2.46. The Kier molecular flexibility index (Phi) is 9.18. The first-order chi connectivity index (χ1) is 20.0. The zero-order valence-corrected chi connectivity index (χ0v) is 24.9. The van der Waals surface area contributed by atoms with Crippen molar-refractivity contribution in [3.63, 3.8) is 0 Å². The van der Waals surface area contributed by atoms with Gasteiger partial charge in [0.05, 0.1) is 19.1 Å². The molecule has 1 atom stereocenters. The van der Waals surface area contributed by atoms with Gasteiger partial charge in [-0.3, -0.25) is 4.79 Å². The number of aryl methyl sites for hydroxylation is 1. The van der Waals surface area contributed by atoms with Crippen molar-refractivity contribution >= 4 is 22.0 Å². The first-order valence-electron chi connectivity index (χ1n) is 13.2. The Morgan fingerprint density at radius 3 is 2.17 bits per heavy atom. The van der Waals surface area contributed by atoms with Gasteiger partial charge >= 0.3 is 11.9 Å². The number of aliphatic carboxylic acids is 1. The molecular weight excluding hydrogens is 558 g/mol. The number of sulfonamides is 1. The number of rotatable bonds is 11. The quantitative estimate of drug-likeness (QED) is 0.225. The Hall–Kier alpha value is -4.41. The van der Waals surface area contributed by atoms with E-state index in [0.29, 0.717) is 44.9 Å². The number of esters is 1. The average Bonchev–Trinajstić information content (AvgIpc) is 3.47. The summed E-state index contributed by atoms with van der Waals surface area (Å²) in [7, 11) is -1.54. The summed E-state index contributed by atoms with van der Waals surface area (Å²) >= 11 is 0. The van der Waals surface area contributed by atoms with Crippen molar-refractivity contribution in [1.29, 1.82) is 0 Å². The highest BCUT2D eigenvalue weighted by atomic mass is 32.2. The maximum absolute atomic E-state index is 14.4. The minimum atomic E-state index is -4.32. The maximum Gasteiger partial charge on any atom is 0.373 e. The number of hydrogen-bond donors (Lipinski definition) is 1. The number of nitrogens with zero attached hydrogens (tertiary/aromatic N) is 1. The van der Waals surface area contributed by atoms with Gasteiger partial charge in [-0.15, -0.1) is 0 Å². The van der Waals surface area contributed by atoms with Crippen LogP contribution in [0.1, 0.15) is 38.4 Å². The molecule has 0 aliphatic rings. The summed E-state index contributed by atoms with van der Waals surface area (Å²) < 4.78 is 45.6. The van der Waals surface area contributed by atoms with Crippen molar-refractivity contribution in [1.82, 2.24) is 4.31 Å². The minimum absolute atomic E-state index is 0.0244. The van der Waals surface area contributed by atoms with E-state index < -0.39 is 28.0 Å². The average molecular weight is 592 g/mol. The number of carboxylic acid groups (broad SMARTS) is 1. The second-order valence-corrected chi connectivity index (χ2v) is 11.7. The summed E-state index contributed by atoms with van der Waals surface area (Å²) in [5, 5.41) is 10.4. The van der Waals surface area contributed by atoms with Crippen molar-refractivity contribution < 1.29 is 37.0 Å². The van der Waals surface area contributed by atoms with Gasteiger partial charge in [0.25, 0.3) is 0 Å².